The Morgan fingerprint density at radius 2 is 2.04 bits per heavy atom. The van der Waals surface area contributed by atoms with Crippen LogP contribution in [0.3, 0.4) is 0 Å². The summed E-state index contributed by atoms with van der Waals surface area (Å²) in [5, 5.41) is 6.68. The minimum atomic E-state index is 0. The van der Waals surface area contributed by atoms with E-state index in [9.17, 15) is 0 Å². The molecule has 0 aliphatic heterocycles. The molecule has 1 aromatic heterocycles. The molecule has 2 unspecified atom stereocenters. The second-order valence-corrected chi connectivity index (χ2v) is 6.14. The molecule has 2 atom stereocenters. The Balaban J connectivity index is 0.00000208. The number of halogens is 1. The normalized spacial score (nSPS) is 19.5. The zero-order chi connectivity index (χ0) is 16.2. The Morgan fingerprint density at radius 3 is 2.67 bits per heavy atom. The van der Waals surface area contributed by atoms with Crippen LogP contribution < -0.4 is 10.6 Å². The van der Waals surface area contributed by atoms with Crippen molar-refractivity contribution < 1.29 is 4.42 Å². The number of guanidine groups is 1. The maximum absolute atomic E-state index is 5.81. The van der Waals surface area contributed by atoms with E-state index in [0.29, 0.717) is 18.5 Å². The molecular formula is C18H25IN4O. The van der Waals surface area contributed by atoms with Crippen LogP contribution in [0.4, 0.5) is 0 Å². The second kappa shape index (κ2) is 8.50. The molecule has 1 fully saturated rings. The number of aryl methyl sites for hydroxylation is 1. The molecule has 1 saturated carbocycles. The van der Waals surface area contributed by atoms with Crippen molar-refractivity contribution in [2.45, 2.75) is 39.8 Å². The number of aliphatic imine (C=N–C) groups is 1. The van der Waals surface area contributed by atoms with E-state index in [4.69, 9.17) is 4.42 Å². The summed E-state index contributed by atoms with van der Waals surface area (Å²) in [5.74, 6) is 2.97. The fraction of sp³-hybridized carbons (Fsp3) is 0.444. The molecule has 1 aliphatic carbocycles. The molecule has 0 saturated heterocycles. The molecule has 5 nitrogen and oxygen atoms in total. The maximum atomic E-state index is 5.81. The van der Waals surface area contributed by atoms with Crippen molar-refractivity contribution in [1.29, 1.82) is 0 Å². The lowest BCUT2D eigenvalue weighted by atomic mass is 10.1. The first-order valence-corrected chi connectivity index (χ1v) is 8.22. The van der Waals surface area contributed by atoms with E-state index in [1.807, 2.05) is 12.1 Å². The van der Waals surface area contributed by atoms with E-state index in [1.54, 1.807) is 6.20 Å². The quantitative estimate of drug-likeness (QED) is 0.423. The van der Waals surface area contributed by atoms with Crippen LogP contribution in [0.25, 0.3) is 11.3 Å². The van der Waals surface area contributed by atoms with Crippen molar-refractivity contribution in [3.05, 3.63) is 41.9 Å². The third-order valence-corrected chi connectivity index (χ3v) is 4.04. The van der Waals surface area contributed by atoms with E-state index < -0.39 is 0 Å². The van der Waals surface area contributed by atoms with Gasteiger partial charge in [-0.2, -0.15) is 0 Å². The summed E-state index contributed by atoms with van der Waals surface area (Å²) in [7, 11) is 0. The molecular weight excluding hydrogens is 415 g/mol. The van der Waals surface area contributed by atoms with Gasteiger partial charge in [0.2, 0.25) is 5.89 Å². The van der Waals surface area contributed by atoms with Crippen molar-refractivity contribution >= 4 is 29.9 Å². The average molecular weight is 440 g/mol. The lowest BCUT2D eigenvalue weighted by Crippen LogP contribution is -2.39. The fourth-order valence-electron chi connectivity index (χ4n) is 2.40. The highest BCUT2D eigenvalue weighted by Gasteiger charge is 2.33. The van der Waals surface area contributed by atoms with Crippen LogP contribution in [0.15, 0.2) is 39.9 Å². The summed E-state index contributed by atoms with van der Waals surface area (Å²) < 4.78 is 5.81. The zero-order valence-electron chi connectivity index (χ0n) is 14.4. The molecule has 1 aromatic carbocycles. The van der Waals surface area contributed by atoms with Gasteiger partial charge in [0.25, 0.3) is 0 Å². The molecule has 0 bridgehead atoms. The fourth-order valence-corrected chi connectivity index (χ4v) is 2.40. The van der Waals surface area contributed by atoms with E-state index in [2.05, 4.69) is 53.5 Å². The number of oxazole rings is 1. The van der Waals surface area contributed by atoms with Crippen LogP contribution in [-0.2, 0) is 6.54 Å². The molecule has 1 heterocycles. The number of nitrogens with one attached hydrogen (secondary N) is 2. The summed E-state index contributed by atoms with van der Waals surface area (Å²) in [5.41, 5.74) is 2.27. The van der Waals surface area contributed by atoms with Gasteiger partial charge in [0, 0.05) is 18.2 Å². The summed E-state index contributed by atoms with van der Waals surface area (Å²) in [6, 6.07) is 8.77. The largest absolute Gasteiger partial charge is 0.439 e. The highest BCUT2D eigenvalue weighted by molar-refractivity contribution is 14.0. The van der Waals surface area contributed by atoms with Gasteiger partial charge in [-0.25, -0.2) is 9.98 Å². The second-order valence-electron chi connectivity index (χ2n) is 6.14. The SMILES string of the molecule is CCNC(=NCc1ncc(-c2ccc(C)cc2)o1)NC1CC1C.I. The molecule has 6 heteroatoms. The lowest BCUT2D eigenvalue weighted by molar-refractivity contribution is 0.509. The molecule has 1 aliphatic rings. The van der Waals surface area contributed by atoms with Crippen LogP contribution in [0, 0.1) is 12.8 Å². The lowest BCUT2D eigenvalue weighted by Gasteiger charge is -2.09. The molecule has 2 N–H and O–H groups in total. The standard InChI is InChI=1S/C18H24N4O.HI/c1-4-19-18(22-15-9-13(15)3)21-11-17-20-10-16(23-17)14-7-5-12(2)6-8-14;/h5-8,10,13,15H,4,9,11H2,1-3H3,(H2,19,21,22);1H. The number of hydrogen-bond donors (Lipinski definition) is 2. The topological polar surface area (TPSA) is 62.5 Å². The first-order valence-electron chi connectivity index (χ1n) is 8.22. The van der Waals surface area contributed by atoms with Gasteiger partial charge in [-0.3, -0.25) is 0 Å². The third kappa shape index (κ3) is 4.96. The number of benzene rings is 1. The van der Waals surface area contributed by atoms with E-state index in [0.717, 1.165) is 29.7 Å². The Bertz CT molecular complexity index is 681. The predicted molar refractivity (Wildman–Crippen MR) is 108 cm³/mol. The van der Waals surface area contributed by atoms with Gasteiger partial charge in [0.1, 0.15) is 6.54 Å². The summed E-state index contributed by atoms with van der Waals surface area (Å²) >= 11 is 0. The van der Waals surface area contributed by atoms with Gasteiger partial charge in [-0.1, -0.05) is 36.8 Å². The van der Waals surface area contributed by atoms with Crippen LogP contribution in [0.2, 0.25) is 0 Å². The monoisotopic (exact) mass is 440 g/mol. The molecule has 0 radical (unpaired) electrons. The predicted octanol–water partition coefficient (Wildman–Crippen LogP) is 3.73. The number of hydrogen-bond acceptors (Lipinski definition) is 3. The average Bonchev–Trinajstić information content (AvgIpc) is 3.04. The number of rotatable bonds is 5. The smallest absolute Gasteiger partial charge is 0.216 e. The number of aromatic nitrogens is 1. The highest BCUT2D eigenvalue weighted by atomic mass is 127. The van der Waals surface area contributed by atoms with Gasteiger partial charge >= 0.3 is 0 Å². The van der Waals surface area contributed by atoms with Gasteiger partial charge in [0.05, 0.1) is 6.20 Å². The number of nitrogens with zero attached hydrogens (tertiary/aromatic N) is 2. The Morgan fingerprint density at radius 1 is 1.33 bits per heavy atom. The van der Waals surface area contributed by atoms with Crippen LogP contribution in [0.5, 0.6) is 0 Å². The van der Waals surface area contributed by atoms with Gasteiger partial charge < -0.3 is 15.1 Å². The Kier molecular flexibility index (Phi) is 6.65. The molecule has 0 amide bonds. The van der Waals surface area contributed by atoms with Crippen molar-refractivity contribution in [2.75, 3.05) is 6.54 Å². The molecule has 24 heavy (non-hydrogen) atoms. The van der Waals surface area contributed by atoms with Crippen LogP contribution in [0.1, 0.15) is 31.7 Å². The Labute approximate surface area is 160 Å². The van der Waals surface area contributed by atoms with Crippen molar-refractivity contribution in [3.63, 3.8) is 0 Å². The van der Waals surface area contributed by atoms with E-state index >= 15 is 0 Å². The van der Waals surface area contributed by atoms with Gasteiger partial charge in [0.15, 0.2) is 11.7 Å². The summed E-state index contributed by atoms with van der Waals surface area (Å²) in [6.07, 6.45) is 2.97. The molecule has 3 rings (SSSR count). The summed E-state index contributed by atoms with van der Waals surface area (Å²) in [4.78, 5) is 8.89. The van der Waals surface area contributed by atoms with E-state index in [1.165, 1.54) is 12.0 Å². The minimum absolute atomic E-state index is 0. The maximum Gasteiger partial charge on any atom is 0.216 e. The first-order chi connectivity index (χ1) is 11.2. The molecule has 2 aromatic rings. The third-order valence-electron chi connectivity index (χ3n) is 4.04. The minimum Gasteiger partial charge on any atom is -0.439 e. The van der Waals surface area contributed by atoms with E-state index in [-0.39, 0.29) is 24.0 Å². The van der Waals surface area contributed by atoms with Gasteiger partial charge in [-0.15, -0.1) is 24.0 Å². The van der Waals surface area contributed by atoms with Crippen molar-refractivity contribution in [3.8, 4) is 11.3 Å². The van der Waals surface area contributed by atoms with Crippen molar-refractivity contribution in [1.82, 2.24) is 15.6 Å². The van der Waals surface area contributed by atoms with Gasteiger partial charge in [-0.05, 0) is 26.2 Å². The molecule has 0 spiro atoms. The Hall–Kier alpha value is -1.57. The molecule has 130 valence electrons. The van der Waals surface area contributed by atoms with Crippen LogP contribution >= 0.6 is 24.0 Å². The highest BCUT2D eigenvalue weighted by Crippen LogP contribution is 2.28. The first kappa shape index (κ1) is 18.8. The van der Waals surface area contributed by atoms with Crippen molar-refractivity contribution in [2.24, 2.45) is 10.9 Å². The zero-order valence-corrected chi connectivity index (χ0v) is 16.7. The summed E-state index contributed by atoms with van der Waals surface area (Å²) in [6.45, 7) is 7.65. The van der Waals surface area contributed by atoms with Crippen LogP contribution in [-0.4, -0.2) is 23.5 Å².